The minimum absolute atomic E-state index is 0. The first kappa shape index (κ1) is 28.5. The zero-order chi connectivity index (χ0) is 20.3. The third-order valence-electron chi connectivity index (χ3n) is 4.39. The highest BCUT2D eigenvalue weighted by Crippen LogP contribution is 2.10. The summed E-state index contributed by atoms with van der Waals surface area (Å²) in [4.78, 5) is 26.8. The SMILES string of the molecule is CCCCCCCCCCCCNC(=O)[C@H](CCCN=C(N)N)NC(=O)O.Cl. The number of rotatable bonds is 17. The third-order valence-corrected chi connectivity index (χ3v) is 4.39. The molecule has 0 spiro atoms. The van der Waals surface area contributed by atoms with Crippen molar-refractivity contribution in [1.29, 1.82) is 0 Å². The van der Waals surface area contributed by atoms with Gasteiger partial charge in [-0.05, 0) is 19.3 Å². The largest absolute Gasteiger partial charge is 0.465 e. The van der Waals surface area contributed by atoms with Crippen LogP contribution in [-0.4, -0.2) is 42.2 Å². The van der Waals surface area contributed by atoms with Crippen molar-refractivity contribution in [3.63, 3.8) is 0 Å². The van der Waals surface area contributed by atoms with Gasteiger partial charge in [-0.25, -0.2) is 4.79 Å². The fourth-order valence-corrected chi connectivity index (χ4v) is 2.87. The molecule has 0 saturated heterocycles. The Balaban J connectivity index is 0. The predicted octanol–water partition coefficient (Wildman–Crippen LogP) is 3.14. The molecule has 9 heteroatoms. The van der Waals surface area contributed by atoms with Gasteiger partial charge in [0.1, 0.15) is 6.04 Å². The van der Waals surface area contributed by atoms with Gasteiger partial charge in [-0.1, -0.05) is 64.7 Å². The second kappa shape index (κ2) is 20.0. The Labute approximate surface area is 175 Å². The molecule has 1 atom stereocenters. The maximum atomic E-state index is 12.1. The number of carbonyl (C=O) groups is 2. The van der Waals surface area contributed by atoms with Gasteiger partial charge in [0.25, 0.3) is 0 Å². The molecule has 7 N–H and O–H groups in total. The van der Waals surface area contributed by atoms with Crippen molar-refractivity contribution in [2.75, 3.05) is 13.1 Å². The highest BCUT2D eigenvalue weighted by Gasteiger charge is 2.19. The van der Waals surface area contributed by atoms with Crippen molar-refractivity contribution in [3.05, 3.63) is 0 Å². The van der Waals surface area contributed by atoms with Crippen LogP contribution in [0.4, 0.5) is 4.79 Å². The molecule has 0 saturated carbocycles. The summed E-state index contributed by atoms with van der Waals surface area (Å²) in [7, 11) is 0. The van der Waals surface area contributed by atoms with Crippen LogP contribution in [0.2, 0.25) is 0 Å². The van der Waals surface area contributed by atoms with E-state index in [1.54, 1.807) is 0 Å². The predicted molar refractivity (Wildman–Crippen MR) is 117 cm³/mol. The number of nitrogens with one attached hydrogen (secondary N) is 2. The van der Waals surface area contributed by atoms with Crippen LogP contribution < -0.4 is 22.1 Å². The van der Waals surface area contributed by atoms with Gasteiger partial charge in [-0.3, -0.25) is 9.79 Å². The molecule has 0 rings (SSSR count). The summed E-state index contributed by atoms with van der Waals surface area (Å²) < 4.78 is 0. The molecular formula is C19H40ClN5O3. The van der Waals surface area contributed by atoms with Crippen molar-refractivity contribution >= 4 is 30.4 Å². The minimum Gasteiger partial charge on any atom is -0.465 e. The van der Waals surface area contributed by atoms with Crippen LogP contribution in [0.1, 0.15) is 84.0 Å². The normalized spacial score (nSPS) is 11.2. The Morgan fingerprint density at radius 1 is 0.929 bits per heavy atom. The van der Waals surface area contributed by atoms with Crippen LogP contribution in [0.25, 0.3) is 0 Å². The number of nitrogens with zero attached hydrogens (tertiary/aromatic N) is 1. The molecule has 0 fully saturated rings. The lowest BCUT2D eigenvalue weighted by atomic mass is 10.1. The number of unbranched alkanes of at least 4 members (excludes halogenated alkanes) is 9. The van der Waals surface area contributed by atoms with Gasteiger partial charge in [0.2, 0.25) is 5.91 Å². The average molecular weight is 422 g/mol. The van der Waals surface area contributed by atoms with E-state index in [9.17, 15) is 9.59 Å². The van der Waals surface area contributed by atoms with E-state index in [1.807, 2.05) is 0 Å². The van der Waals surface area contributed by atoms with Crippen LogP contribution in [0.5, 0.6) is 0 Å². The van der Waals surface area contributed by atoms with Crippen molar-refractivity contribution in [3.8, 4) is 0 Å². The molecule has 0 heterocycles. The van der Waals surface area contributed by atoms with Gasteiger partial charge in [0.15, 0.2) is 5.96 Å². The van der Waals surface area contributed by atoms with Gasteiger partial charge in [0.05, 0.1) is 0 Å². The Morgan fingerprint density at radius 3 is 1.96 bits per heavy atom. The molecule has 0 aliphatic carbocycles. The van der Waals surface area contributed by atoms with Gasteiger partial charge < -0.3 is 27.2 Å². The Bertz CT molecular complexity index is 432. The highest BCUT2D eigenvalue weighted by molar-refractivity contribution is 5.85. The molecule has 0 unspecified atom stereocenters. The number of carbonyl (C=O) groups excluding carboxylic acids is 1. The minimum atomic E-state index is -1.21. The summed E-state index contributed by atoms with van der Waals surface area (Å²) >= 11 is 0. The highest BCUT2D eigenvalue weighted by atomic mass is 35.5. The van der Waals surface area contributed by atoms with Crippen LogP contribution in [0.15, 0.2) is 4.99 Å². The van der Waals surface area contributed by atoms with Crippen molar-refractivity contribution < 1.29 is 14.7 Å². The Hall–Kier alpha value is -1.70. The van der Waals surface area contributed by atoms with Crippen molar-refractivity contribution in [2.45, 2.75) is 90.0 Å². The first-order valence-corrected chi connectivity index (χ1v) is 10.3. The van der Waals surface area contributed by atoms with Crippen LogP contribution in [-0.2, 0) is 4.79 Å². The second-order valence-electron chi connectivity index (χ2n) is 6.92. The molecule has 28 heavy (non-hydrogen) atoms. The first-order chi connectivity index (χ1) is 13.0. The molecule has 0 radical (unpaired) electrons. The molecular weight excluding hydrogens is 382 g/mol. The van der Waals surface area contributed by atoms with Gasteiger partial charge >= 0.3 is 6.09 Å². The fraction of sp³-hybridized carbons (Fsp3) is 0.842. The lowest BCUT2D eigenvalue weighted by molar-refractivity contribution is -0.123. The number of carboxylic acid groups (broad SMARTS) is 1. The van der Waals surface area contributed by atoms with E-state index in [2.05, 4.69) is 22.5 Å². The third kappa shape index (κ3) is 19.1. The molecule has 0 aromatic rings. The lowest BCUT2D eigenvalue weighted by Crippen LogP contribution is -2.46. The molecule has 166 valence electrons. The standard InChI is InChI=1S/C19H39N5O3.ClH/c1-2-3-4-5-6-7-8-9-10-11-14-22-17(25)16(24-19(26)27)13-12-15-23-18(20)21;/h16,24H,2-15H2,1H3,(H,22,25)(H,26,27)(H4,20,21,23);1H/t16-;/m0./s1. The van der Waals surface area contributed by atoms with Crippen molar-refractivity contribution in [1.82, 2.24) is 10.6 Å². The van der Waals surface area contributed by atoms with E-state index in [0.29, 0.717) is 25.9 Å². The smallest absolute Gasteiger partial charge is 0.405 e. The molecule has 8 nitrogen and oxygen atoms in total. The number of nitrogens with two attached hydrogens (primary N) is 2. The maximum absolute atomic E-state index is 12.1. The van der Waals surface area contributed by atoms with E-state index >= 15 is 0 Å². The molecule has 2 amide bonds. The zero-order valence-electron chi connectivity index (χ0n) is 17.3. The number of hydrogen-bond acceptors (Lipinski definition) is 3. The second-order valence-corrected chi connectivity index (χ2v) is 6.92. The average Bonchev–Trinajstić information content (AvgIpc) is 2.61. The quantitative estimate of drug-likeness (QED) is 0.139. The van der Waals surface area contributed by atoms with E-state index in [0.717, 1.165) is 12.8 Å². The monoisotopic (exact) mass is 421 g/mol. The summed E-state index contributed by atoms with van der Waals surface area (Å²) in [5, 5.41) is 13.9. The number of guanidine groups is 1. The van der Waals surface area contributed by atoms with E-state index in [1.165, 1.54) is 51.4 Å². The molecule has 0 aliphatic heterocycles. The fourth-order valence-electron chi connectivity index (χ4n) is 2.87. The Kier molecular flexibility index (Phi) is 20.4. The van der Waals surface area contributed by atoms with Crippen LogP contribution in [0, 0.1) is 0 Å². The number of halogens is 1. The summed E-state index contributed by atoms with van der Waals surface area (Å²) in [5.41, 5.74) is 10.5. The van der Waals surface area contributed by atoms with Crippen LogP contribution in [0.3, 0.4) is 0 Å². The summed E-state index contributed by atoms with van der Waals surface area (Å²) in [6.07, 6.45) is 12.0. The van der Waals surface area contributed by atoms with Crippen molar-refractivity contribution in [2.24, 2.45) is 16.5 Å². The number of amides is 2. The first-order valence-electron chi connectivity index (χ1n) is 10.3. The number of hydrogen-bond donors (Lipinski definition) is 5. The topological polar surface area (TPSA) is 143 Å². The summed E-state index contributed by atoms with van der Waals surface area (Å²) in [5.74, 6) is -0.304. The van der Waals surface area contributed by atoms with E-state index in [4.69, 9.17) is 16.6 Å². The van der Waals surface area contributed by atoms with Gasteiger partial charge in [-0.15, -0.1) is 12.4 Å². The zero-order valence-corrected chi connectivity index (χ0v) is 18.1. The number of aliphatic imine (C=N–C) groups is 1. The lowest BCUT2D eigenvalue weighted by Gasteiger charge is -2.16. The molecule has 0 bridgehead atoms. The van der Waals surface area contributed by atoms with E-state index < -0.39 is 12.1 Å². The van der Waals surface area contributed by atoms with E-state index in [-0.39, 0.29) is 24.3 Å². The maximum Gasteiger partial charge on any atom is 0.405 e. The molecule has 0 aromatic heterocycles. The van der Waals surface area contributed by atoms with Gasteiger partial charge in [0, 0.05) is 13.1 Å². The van der Waals surface area contributed by atoms with Gasteiger partial charge in [-0.2, -0.15) is 0 Å². The molecule has 0 aromatic carbocycles. The molecule has 0 aliphatic rings. The summed E-state index contributed by atoms with van der Waals surface area (Å²) in [6.45, 7) is 3.17. The summed E-state index contributed by atoms with van der Waals surface area (Å²) in [6, 6.07) is -0.778. The Morgan fingerprint density at radius 2 is 1.46 bits per heavy atom. The van der Waals surface area contributed by atoms with Crippen LogP contribution >= 0.6 is 12.4 Å².